The molecule has 1 N–H and O–H groups in total. The third-order valence-corrected chi connectivity index (χ3v) is 5.13. The van der Waals surface area contributed by atoms with E-state index in [1.165, 1.54) is 27.5 Å². The lowest BCUT2D eigenvalue weighted by Crippen LogP contribution is -3.00. The topological polar surface area (TPSA) is 33.6 Å². The van der Waals surface area contributed by atoms with Gasteiger partial charge in [0.2, 0.25) is 5.52 Å². The van der Waals surface area contributed by atoms with Crippen LogP contribution in [0.15, 0.2) is 42.7 Å². The molecule has 0 aliphatic rings. The van der Waals surface area contributed by atoms with Crippen molar-refractivity contribution in [1.29, 1.82) is 0 Å². The molecule has 128 valence electrons. The second-order valence-electron chi connectivity index (χ2n) is 6.41. The number of aromatic hydroxyl groups is 1. The number of nitrogens with zero attached hydrogens (tertiary/aromatic N) is 1. The highest BCUT2D eigenvalue weighted by molar-refractivity contribution is 6.01. The zero-order valence-corrected chi connectivity index (χ0v) is 16.3. The van der Waals surface area contributed by atoms with Gasteiger partial charge in [-0.05, 0) is 60.4 Å². The summed E-state index contributed by atoms with van der Waals surface area (Å²) in [6.07, 6.45) is 4.01. The summed E-state index contributed by atoms with van der Waals surface area (Å²) in [7, 11) is 1.57. The highest BCUT2D eigenvalue weighted by atomic mass is 79.9. The highest BCUT2D eigenvalue weighted by Gasteiger charge is 2.17. The SMILES string of the molecule is COc1ccc2cc3c4c(C)c(C)c(C)cc4cc[n+]3cc2c1O.[Br-]. The Balaban J connectivity index is 0.00000182. The first kappa shape index (κ1) is 17.5. The van der Waals surface area contributed by atoms with Gasteiger partial charge in [0.15, 0.2) is 23.9 Å². The number of rotatable bonds is 1. The molecule has 0 aliphatic heterocycles. The number of hydrogen-bond acceptors (Lipinski definition) is 2. The van der Waals surface area contributed by atoms with E-state index in [2.05, 4.69) is 43.4 Å². The summed E-state index contributed by atoms with van der Waals surface area (Å²) >= 11 is 0. The summed E-state index contributed by atoms with van der Waals surface area (Å²) in [4.78, 5) is 0. The van der Waals surface area contributed by atoms with Crippen molar-refractivity contribution in [2.24, 2.45) is 0 Å². The molecule has 4 rings (SSSR count). The molecule has 0 atom stereocenters. The van der Waals surface area contributed by atoms with Crippen molar-refractivity contribution in [3.05, 3.63) is 59.4 Å². The molecule has 0 fully saturated rings. The van der Waals surface area contributed by atoms with Gasteiger partial charge >= 0.3 is 0 Å². The highest BCUT2D eigenvalue weighted by Crippen LogP contribution is 2.35. The molecular weight excluding hydrogens is 378 g/mol. The van der Waals surface area contributed by atoms with Gasteiger partial charge in [0.1, 0.15) is 0 Å². The molecule has 2 aromatic heterocycles. The summed E-state index contributed by atoms with van der Waals surface area (Å²) in [6.45, 7) is 6.51. The zero-order chi connectivity index (χ0) is 17.0. The second-order valence-corrected chi connectivity index (χ2v) is 6.41. The Morgan fingerprint density at radius 2 is 1.72 bits per heavy atom. The summed E-state index contributed by atoms with van der Waals surface area (Å²) in [5.74, 6) is 0.673. The quantitative estimate of drug-likeness (QED) is 0.299. The fourth-order valence-corrected chi connectivity index (χ4v) is 3.53. The Kier molecular flexibility index (Phi) is 4.33. The van der Waals surface area contributed by atoms with Gasteiger partial charge in [0.25, 0.3) is 0 Å². The molecule has 3 nitrogen and oxygen atoms in total. The number of benzene rings is 2. The minimum atomic E-state index is 0. The minimum Gasteiger partial charge on any atom is -1.00 e. The monoisotopic (exact) mass is 397 g/mol. The molecule has 0 bridgehead atoms. The van der Waals surface area contributed by atoms with Gasteiger partial charge in [0.05, 0.1) is 17.9 Å². The third kappa shape index (κ3) is 2.52. The predicted octanol–water partition coefficient (Wildman–Crippen LogP) is 1.38. The number of pyridine rings is 2. The first-order valence-corrected chi connectivity index (χ1v) is 8.05. The summed E-state index contributed by atoms with van der Waals surface area (Å²) in [5.41, 5.74) is 5.09. The molecule has 4 aromatic rings. The molecule has 0 aliphatic carbocycles. The summed E-state index contributed by atoms with van der Waals surface area (Å²) < 4.78 is 7.30. The van der Waals surface area contributed by atoms with Crippen molar-refractivity contribution < 1.29 is 31.2 Å². The van der Waals surface area contributed by atoms with Crippen LogP contribution in [0.25, 0.3) is 27.1 Å². The van der Waals surface area contributed by atoms with Gasteiger partial charge in [0, 0.05) is 12.1 Å². The second kappa shape index (κ2) is 6.19. The number of hydrogen-bond donors (Lipinski definition) is 1. The predicted molar refractivity (Wildman–Crippen MR) is 97.0 cm³/mol. The van der Waals surface area contributed by atoms with E-state index in [4.69, 9.17) is 4.74 Å². The van der Waals surface area contributed by atoms with Crippen molar-refractivity contribution in [2.75, 3.05) is 7.11 Å². The fraction of sp³-hybridized carbons (Fsp3) is 0.190. The van der Waals surface area contributed by atoms with E-state index in [0.717, 1.165) is 16.3 Å². The average Bonchev–Trinajstić information content (AvgIpc) is 2.58. The molecule has 0 saturated heterocycles. The van der Waals surface area contributed by atoms with Crippen LogP contribution in [-0.4, -0.2) is 12.2 Å². The molecule has 0 amide bonds. The standard InChI is InChI=1S/C21H19NO2.BrH/c1-12-9-16-7-8-22-11-17-15(5-6-19(24-4)21(17)23)10-18(22)20(16)14(3)13(12)2;/h5-11H,1-4H3;1H. The van der Waals surface area contributed by atoms with Crippen molar-refractivity contribution in [1.82, 2.24) is 0 Å². The molecule has 0 saturated carbocycles. The number of phenolic OH excluding ortho intramolecular Hbond substituents is 1. The van der Waals surface area contributed by atoms with E-state index >= 15 is 0 Å². The largest absolute Gasteiger partial charge is 1.00 e. The molecule has 0 spiro atoms. The zero-order valence-electron chi connectivity index (χ0n) is 14.7. The van der Waals surface area contributed by atoms with Gasteiger partial charge in [-0.1, -0.05) is 6.07 Å². The first-order valence-electron chi connectivity index (χ1n) is 8.05. The van der Waals surface area contributed by atoms with E-state index < -0.39 is 0 Å². The average molecular weight is 398 g/mol. The number of methoxy groups -OCH3 is 1. The molecule has 0 radical (unpaired) electrons. The van der Waals surface area contributed by atoms with Crippen LogP contribution in [0.3, 0.4) is 0 Å². The number of fused-ring (bicyclic) bond motifs is 4. The molecule has 25 heavy (non-hydrogen) atoms. The maximum absolute atomic E-state index is 10.4. The fourth-order valence-electron chi connectivity index (χ4n) is 3.53. The Morgan fingerprint density at radius 3 is 2.44 bits per heavy atom. The van der Waals surface area contributed by atoms with E-state index in [-0.39, 0.29) is 22.7 Å². The molecule has 0 unspecified atom stereocenters. The van der Waals surface area contributed by atoms with Crippen LogP contribution < -0.4 is 26.1 Å². The number of halogens is 1. The number of phenols is 1. The molecule has 2 heterocycles. The first-order chi connectivity index (χ1) is 11.5. The maximum Gasteiger partial charge on any atom is 0.219 e. The lowest BCUT2D eigenvalue weighted by Gasteiger charge is -2.10. The van der Waals surface area contributed by atoms with Crippen molar-refractivity contribution >= 4 is 27.1 Å². The van der Waals surface area contributed by atoms with E-state index in [9.17, 15) is 5.11 Å². The van der Waals surface area contributed by atoms with E-state index in [1.807, 2.05) is 24.5 Å². The summed E-state index contributed by atoms with van der Waals surface area (Å²) in [5, 5.41) is 14.7. The van der Waals surface area contributed by atoms with Crippen LogP contribution in [-0.2, 0) is 0 Å². The van der Waals surface area contributed by atoms with Crippen molar-refractivity contribution in [2.45, 2.75) is 20.8 Å². The molecule has 2 aromatic carbocycles. The van der Waals surface area contributed by atoms with Gasteiger partial charge in [-0.2, -0.15) is 4.40 Å². The van der Waals surface area contributed by atoms with Crippen LogP contribution in [0, 0.1) is 20.8 Å². The van der Waals surface area contributed by atoms with Crippen LogP contribution in [0.1, 0.15) is 16.7 Å². The third-order valence-electron chi connectivity index (χ3n) is 5.13. The lowest BCUT2D eigenvalue weighted by molar-refractivity contribution is -0.509. The van der Waals surface area contributed by atoms with Crippen LogP contribution >= 0.6 is 0 Å². The number of ether oxygens (including phenoxy) is 1. The minimum absolute atomic E-state index is 0. The van der Waals surface area contributed by atoms with E-state index in [0.29, 0.717) is 5.75 Å². The Hall–Kier alpha value is -2.33. The Bertz CT molecular complexity index is 1140. The summed E-state index contributed by atoms with van der Waals surface area (Å²) in [6, 6.07) is 10.3. The van der Waals surface area contributed by atoms with Gasteiger partial charge in [-0.3, -0.25) is 0 Å². The normalized spacial score (nSPS) is 11.0. The van der Waals surface area contributed by atoms with Gasteiger partial charge < -0.3 is 26.8 Å². The molecular formula is C21H20BrNO2. The van der Waals surface area contributed by atoms with Gasteiger partial charge in [-0.25, -0.2) is 0 Å². The van der Waals surface area contributed by atoms with Crippen LogP contribution in [0.2, 0.25) is 0 Å². The lowest BCUT2D eigenvalue weighted by atomic mass is 9.96. The molecule has 4 heteroatoms. The van der Waals surface area contributed by atoms with Crippen LogP contribution in [0.5, 0.6) is 11.5 Å². The van der Waals surface area contributed by atoms with Crippen LogP contribution in [0.4, 0.5) is 0 Å². The van der Waals surface area contributed by atoms with E-state index in [1.54, 1.807) is 7.11 Å². The Labute approximate surface area is 157 Å². The van der Waals surface area contributed by atoms with Gasteiger partial charge in [-0.15, -0.1) is 0 Å². The smallest absolute Gasteiger partial charge is 0.219 e. The number of aryl methyl sites for hydroxylation is 2. The number of aromatic nitrogens is 1. The van der Waals surface area contributed by atoms with Crippen molar-refractivity contribution in [3.8, 4) is 11.5 Å². The maximum atomic E-state index is 10.4. The van der Waals surface area contributed by atoms with Crippen molar-refractivity contribution in [3.63, 3.8) is 0 Å². The Morgan fingerprint density at radius 1 is 0.960 bits per heavy atom.